The van der Waals surface area contributed by atoms with Crippen LogP contribution in [0.25, 0.3) is 0 Å². The van der Waals surface area contributed by atoms with E-state index in [0.29, 0.717) is 11.8 Å². The van der Waals surface area contributed by atoms with Crippen LogP contribution in [0.4, 0.5) is 20.2 Å². The van der Waals surface area contributed by atoms with Gasteiger partial charge in [-0.15, -0.1) is 0 Å². The molecule has 1 aliphatic rings. The molecule has 3 rings (SSSR count). The number of methoxy groups -OCH3 is 1. The second-order valence-electron chi connectivity index (χ2n) is 5.94. The van der Waals surface area contributed by atoms with E-state index >= 15 is 0 Å². The van der Waals surface area contributed by atoms with E-state index in [0.717, 1.165) is 30.5 Å². The van der Waals surface area contributed by atoms with E-state index in [1.165, 1.54) is 4.90 Å². The fourth-order valence-corrected chi connectivity index (χ4v) is 4.34. The average Bonchev–Trinajstić information content (AvgIpc) is 2.55. The predicted molar refractivity (Wildman–Crippen MR) is 91.7 cm³/mol. The Hall–Kier alpha value is -2.74. The summed E-state index contributed by atoms with van der Waals surface area (Å²) >= 11 is 0. The highest BCUT2D eigenvalue weighted by atomic mass is 32.2. The smallest absolute Gasteiger partial charge is 0.351 e. The number of anilines is 2. The highest BCUT2D eigenvalue weighted by Gasteiger charge is 2.37. The van der Waals surface area contributed by atoms with Crippen LogP contribution >= 0.6 is 0 Å². The average molecular weight is 379 g/mol. The van der Waals surface area contributed by atoms with Gasteiger partial charge in [0.2, 0.25) is 9.84 Å². The lowest BCUT2D eigenvalue weighted by Crippen LogP contribution is -2.26. The summed E-state index contributed by atoms with van der Waals surface area (Å²) in [5.41, 5.74) is 2.18. The first-order valence-electron chi connectivity index (χ1n) is 7.57. The van der Waals surface area contributed by atoms with Gasteiger partial charge in [0, 0.05) is 18.0 Å². The lowest BCUT2D eigenvalue weighted by molar-refractivity contribution is -0.135. The molecule has 0 radical (unpaired) electrons. The van der Waals surface area contributed by atoms with Crippen LogP contribution in [0.1, 0.15) is 11.1 Å². The normalized spacial score (nSPS) is 15.3. The second kappa shape index (κ2) is 6.21. The Labute approximate surface area is 149 Å². The predicted octanol–water partition coefficient (Wildman–Crippen LogP) is 3.52. The van der Waals surface area contributed by atoms with Crippen molar-refractivity contribution in [3.8, 4) is 0 Å². The molecule has 1 heterocycles. The summed E-state index contributed by atoms with van der Waals surface area (Å²) in [6.07, 6.45) is 1.06. The molecule has 2 aromatic carbocycles. The number of fused-ring (bicyclic) bond motifs is 1. The number of ether oxygens (including phenoxy) is 1. The summed E-state index contributed by atoms with van der Waals surface area (Å²) in [6.45, 7) is 3.68. The number of halogens is 2. The van der Waals surface area contributed by atoms with E-state index in [2.05, 4.69) is 4.74 Å². The lowest BCUT2D eigenvalue weighted by atomic mass is 10.1. The number of carbonyl (C=O) groups is 1. The molecule has 26 heavy (non-hydrogen) atoms. The molecule has 5 nitrogen and oxygen atoms in total. The number of carbonyl (C=O) groups excluding carboxylic acids is 1. The van der Waals surface area contributed by atoms with E-state index < -0.39 is 37.2 Å². The van der Waals surface area contributed by atoms with E-state index in [9.17, 15) is 22.0 Å². The fourth-order valence-electron chi connectivity index (χ4n) is 2.86. The lowest BCUT2D eigenvalue weighted by Gasteiger charge is -2.29. The van der Waals surface area contributed by atoms with Crippen molar-refractivity contribution in [3.05, 3.63) is 64.2 Å². The first-order valence-corrected chi connectivity index (χ1v) is 9.05. The Morgan fingerprint density at radius 1 is 1.00 bits per heavy atom. The molecule has 0 bridgehead atoms. The van der Waals surface area contributed by atoms with Crippen LogP contribution in [0.3, 0.4) is 0 Å². The summed E-state index contributed by atoms with van der Waals surface area (Å²) in [6, 6.07) is 6.75. The van der Waals surface area contributed by atoms with E-state index in [4.69, 9.17) is 0 Å². The number of nitrogens with zero attached hydrogens (tertiary/aromatic N) is 1. The molecule has 136 valence electrons. The SMILES string of the molecule is COC(=O)C1=CN(c2cc(C)cc(C)c2)c2cc(F)c(F)cc2S1(=O)=O. The molecular formula is C18H15F2NO4S. The summed E-state index contributed by atoms with van der Waals surface area (Å²) < 4.78 is 57.5. The quantitative estimate of drug-likeness (QED) is 0.590. The molecule has 0 aromatic heterocycles. The number of esters is 1. The summed E-state index contributed by atoms with van der Waals surface area (Å²) in [5, 5.41) is 0. The zero-order valence-corrected chi connectivity index (χ0v) is 15.0. The number of hydrogen-bond donors (Lipinski definition) is 0. The highest BCUT2D eigenvalue weighted by molar-refractivity contribution is 7.96. The Bertz CT molecular complexity index is 1040. The second-order valence-corrected chi connectivity index (χ2v) is 7.82. The minimum atomic E-state index is -4.36. The number of benzene rings is 2. The number of rotatable bonds is 2. The number of sulfone groups is 1. The zero-order valence-electron chi connectivity index (χ0n) is 14.2. The maximum Gasteiger partial charge on any atom is 0.351 e. The third kappa shape index (κ3) is 2.86. The van der Waals surface area contributed by atoms with Gasteiger partial charge in [-0.25, -0.2) is 22.0 Å². The van der Waals surface area contributed by atoms with Crippen LogP contribution in [-0.4, -0.2) is 21.5 Å². The minimum Gasteiger partial charge on any atom is -0.465 e. The molecule has 0 N–H and O–H groups in total. The molecule has 0 amide bonds. The molecule has 2 aromatic rings. The van der Waals surface area contributed by atoms with Crippen molar-refractivity contribution >= 4 is 27.2 Å². The Morgan fingerprint density at radius 2 is 1.58 bits per heavy atom. The molecule has 0 fully saturated rings. The van der Waals surface area contributed by atoms with Crippen LogP contribution in [0.15, 0.2) is 46.3 Å². The van der Waals surface area contributed by atoms with Crippen LogP contribution in [0.5, 0.6) is 0 Å². The molecule has 0 saturated heterocycles. The standard InChI is InChI=1S/C18H15F2NO4S/c1-10-4-11(2)6-12(5-10)21-9-17(18(22)25-3)26(23,24)16-8-14(20)13(19)7-15(16)21/h4-9H,1-3H3. The summed E-state index contributed by atoms with van der Waals surface area (Å²) in [5.74, 6) is -3.60. The maximum atomic E-state index is 13.8. The van der Waals surface area contributed by atoms with Gasteiger partial charge < -0.3 is 9.64 Å². The van der Waals surface area contributed by atoms with Gasteiger partial charge in [-0.3, -0.25) is 0 Å². The van der Waals surface area contributed by atoms with Crippen LogP contribution in [0.2, 0.25) is 0 Å². The Morgan fingerprint density at radius 3 is 2.15 bits per heavy atom. The first-order chi connectivity index (χ1) is 12.1. The van der Waals surface area contributed by atoms with Crippen molar-refractivity contribution in [1.82, 2.24) is 0 Å². The van der Waals surface area contributed by atoms with Crippen LogP contribution in [0, 0.1) is 25.5 Å². The molecule has 0 atom stereocenters. The molecule has 0 aliphatic carbocycles. The molecule has 8 heteroatoms. The summed E-state index contributed by atoms with van der Waals surface area (Å²) in [4.78, 5) is 12.2. The minimum absolute atomic E-state index is 0.0819. The van der Waals surface area contributed by atoms with Gasteiger partial charge in [-0.05, 0) is 43.2 Å². The Kier molecular flexibility index (Phi) is 4.31. The topological polar surface area (TPSA) is 63.7 Å². The van der Waals surface area contributed by atoms with Crippen molar-refractivity contribution < 1.29 is 26.7 Å². The molecule has 0 spiro atoms. The largest absolute Gasteiger partial charge is 0.465 e. The van der Waals surface area contributed by atoms with Crippen LogP contribution < -0.4 is 4.90 Å². The van der Waals surface area contributed by atoms with Gasteiger partial charge in [0.15, 0.2) is 16.5 Å². The third-order valence-electron chi connectivity index (χ3n) is 3.96. The van der Waals surface area contributed by atoms with Gasteiger partial charge in [0.25, 0.3) is 0 Å². The van der Waals surface area contributed by atoms with E-state index in [1.807, 2.05) is 19.9 Å². The van der Waals surface area contributed by atoms with E-state index in [-0.39, 0.29) is 5.69 Å². The molecule has 1 aliphatic heterocycles. The number of hydrogen-bond acceptors (Lipinski definition) is 5. The first kappa shape index (κ1) is 18.1. The zero-order chi connectivity index (χ0) is 19.2. The van der Waals surface area contributed by atoms with Crippen molar-refractivity contribution in [2.24, 2.45) is 0 Å². The van der Waals surface area contributed by atoms with Crippen molar-refractivity contribution in [1.29, 1.82) is 0 Å². The van der Waals surface area contributed by atoms with Crippen molar-refractivity contribution in [2.75, 3.05) is 12.0 Å². The summed E-state index contributed by atoms with van der Waals surface area (Å²) in [7, 11) is -3.31. The number of aryl methyl sites for hydroxylation is 2. The van der Waals surface area contributed by atoms with Crippen molar-refractivity contribution in [3.63, 3.8) is 0 Å². The molecule has 0 unspecified atom stereocenters. The van der Waals surface area contributed by atoms with Gasteiger partial charge in [0.1, 0.15) is 0 Å². The van der Waals surface area contributed by atoms with Gasteiger partial charge in [0.05, 0.1) is 17.7 Å². The monoisotopic (exact) mass is 379 g/mol. The van der Waals surface area contributed by atoms with Gasteiger partial charge in [-0.1, -0.05) is 6.07 Å². The molecular weight excluding hydrogens is 364 g/mol. The third-order valence-corrected chi connectivity index (χ3v) is 5.72. The molecule has 0 saturated carbocycles. The van der Waals surface area contributed by atoms with Crippen LogP contribution in [-0.2, 0) is 19.4 Å². The van der Waals surface area contributed by atoms with Gasteiger partial charge >= 0.3 is 5.97 Å². The van der Waals surface area contributed by atoms with Crippen molar-refractivity contribution in [2.45, 2.75) is 18.7 Å². The fraction of sp³-hybridized carbons (Fsp3) is 0.167. The highest BCUT2D eigenvalue weighted by Crippen LogP contribution is 2.41. The van der Waals surface area contributed by atoms with Gasteiger partial charge in [-0.2, -0.15) is 0 Å². The maximum absolute atomic E-state index is 13.8. The van der Waals surface area contributed by atoms with E-state index in [1.54, 1.807) is 12.1 Å². The Balaban J connectivity index is 2.36.